The van der Waals surface area contributed by atoms with E-state index in [0.29, 0.717) is 5.69 Å². The van der Waals surface area contributed by atoms with E-state index in [2.05, 4.69) is 10.3 Å². The number of rotatable bonds is 3. The maximum Gasteiger partial charge on any atom is 0.255 e. The Labute approximate surface area is 114 Å². The lowest BCUT2D eigenvalue weighted by Crippen LogP contribution is -2.12. The van der Waals surface area contributed by atoms with Gasteiger partial charge in [-0.1, -0.05) is 11.6 Å². The zero-order valence-electron chi connectivity index (χ0n) is 9.98. The standard InChI is InChI=1S/C13H10ClFN2O2/c1-19-11-3-2-8(6-10(11)15)13(18)17-9-4-5-16-12(14)7-9/h2-7H,1H3,(H,16,17,18). The van der Waals surface area contributed by atoms with Crippen molar-refractivity contribution in [3.63, 3.8) is 0 Å². The molecule has 1 N–H and O–H groups in total. The van der Waals surface area contributed by atoms with Gasteiger partial charge in [0.15, 0.2) is 11.6 Å². The monoisotopic (exact) mass is 280 g/mol. The van der Waals surface area contributed by atoms with E-state index in [1.165, 1.54) is 31.5 Å². The van der Waals surface area contributed by atoms with Crippen LogP contribution in [0.3, 0.4) is 0 Å². The molecule has 0 atom stereocenters. The number of ether oxygens (including phenoxy) is 1. The molecule has 0 aliphatic heterocycles. The Bertz CT molecular complexity index is 619. The van der Waals surface area contributed by atoms with Crippen molar-refractivity contribution in [1.82, 2.24) is 4.98 Å². The normalized spacial score (nSPS) is 10.1. The molecule has 0 bridgehead atoms. The molecule has 0 unspecified atom stereocenters. The van der Waals surface area contributed by atoms with Gasteiger partial charge in [0, 0.05) is 17.4 Å². The van der Waals surface area contributed by atoms with Gasteiger partial charge in [0.25, 0.3) is 5.91 Å². The predicted octanol–water partition coefficient (Wildman–Crippen LogP) is 3.14. The summed E-state index contributed by atoms with van der Waals surface area (Å²) < 4.78 is 18.3. The Morgan fingerprint density at radius 2 is 2.16 bits per heavy atom. The molecule has 1 aromatic heterocycles. The minimum Gasteiger partial charge on any atom is -0.494 e. The number of pyridine rings is 1. The van der Waals surface area contributed by atoms with Crippen LogP contribution < -0.4 is 10.1 Å². The SMILES string of the molecule is COc1ccc(C(=O)Nc2ccnc(Cl)c2)cc1F. The van der Waals surface area contributed by atoms with Crippen molar-refractivity contribution in [3.8, 4) is 5.75 Å². The van der Waals surface area contributed by atoms with Gasteiger partial charge in [-0.15, -0.1) is 0 Å². The van der Waals surface area contributed by atoms with Crippen molar-refractivity contribution in [2.24, 2.45) is 0 Å². The molecule has 6 heteroatoms. The number of aromatic nitrogens is 1. The third-order valence-electron chi connectivity index (χ3n) is 2.40. The van der Waals surface area contributed by atoms with Crippen molar-refractivity contribution in [1.29, 1.82) is 0 Å². The van der Waals surface area contributed by atoms with Crippen LogP contribution >= 0.6 is 11.6 Å². The lowest BCUT2D eigenvalue weighted by Gasteiger charge is -2.07. The molecule has 0 fully saturated rings. The molecule has 98 valence electrons. The average molecular weight is 281 g/mol. The first-order chi connectivity index (χ1) is 9.10. The molecule has 0 saturated carbocycles. The summed E-state index contributed by atoms with van der Waals surface area (Å²) in [4.78, 5) is 15.7. The lowest BCUT2D eigenvalue weighted by atomic mass is 10.2. The average Bonchev–Trinajstić information content (AvgIpc) is 2.38. The van der Waals surface area contributed by atoms with E-state index in [0.717, 1.165) is 6.07 Å². The quantitative estimate of drug-likeness (QED) is 0.879. The summed E-state index contributed by atoms with van der Waals surface area (Å²) in [6, 6.07) is 7.06. The number of hydrogen-bond acceptors (Lipinski definition) is 3. The van der Waals surface area contributed by atoms with Crippen LogP contribution in [0.15, 0.2) is 36.5 Å². The third kappa shape index (κ3) is 3.20. The van der Waals surface area contributed by atoms with Gasteiger partial charge in [-0.05, 0) is 30.3 Å². The summed E-state index contributed by atoms with van der Waals surface area (Å²) in [6.45, 7) is 0. The van der Waals surface area contributed by atoms with Gasteiger partial charge in [0.05, 0.1) is 7.11 Å². The second-order valence-electron chi connectivity index (χ2n) is 3.67. The van der Waals surface area contributed by atoms with Crippen LogP contribution in [0.2, 0.25) is 5.15 Å². The smallest absolute Gasteiger partial charge is 0.255 e. The van der Waals surface area contributed by atoms with Gasteiger partial charge in [-0.25, -0.2) is 9.37 Å². The first-order valence-corrected chi connectivity index (χ1v) is 5.74. The fraction of sp³-hybridized carbons (Fsp3) is 0.0769. The van der Waals surface area contributed by atoms with E-state index in [1.807, 2.05) is 0 Å². The number of carbonyl (C=O) groups excluding carboxylic acids is 1. The van der Waals surface area contributed by atoms with Gasteiger partial charge in [-0.3, -0.25) is 4.79 Å². The van der Waals surface area contributed by atoms with E-state index < -0.39 is 11.7 Å². The molecule has 1 aromatic carbocycles. The summed E-state index contributed by atoms with van der Waals surface area (Å²) in [7, 11) is 1.36. The molecule has 0 spiro atoms. The van der Waals surface area contributed by atoms with Crippen LogP contribution in [-0.4, -0.2) is 18.0 Å². The zero-order valence-corrected chi connectivity index (χ0v) is 10.7. The Kier molecular flexibility index (Phi) is 3.97. The summed E-state index contributed by atoms with van der Waals surface area (Å²) in [5.41, 5.74) is 0.674. The Morgan fingerprint density at radius 1 is 1.37 bits per heavy atom. The van der Waals surface area contributed by atoms with Crippen LogP contribution in [0.5, 0.6) is 5.75 Å². The van der Waals surface area contributed by atoms with Gasteiger partial charge in [-0.2, -0.15) is 0 Å². The summed E-state index contributed by atoms with van der Waals surface area (Å²) >= 11 is 5.70. The van der Waals surface area contributed by atoms with Crippen LogP contribution in [0.25, 0.3) is 0 Å². The van der Waals surface area contributed by atoms with E-state index in [-0.39, 0.29) is 16.5 Å². The number of anilines is 1. The molecule has 0 saturated heterocycles. The third-order valence-corrected chi connectivity index (χ3v) is 2.61. The van der Waals surface area contributed by atoms with E-state index in [1.54, 1.807) is 6.07 Å². The second kappa shape index (κ2) is 5.67. The van der Waals surface area contributed by atoms with E-state index >= 15 is 0 Å². The fourth-order valence-electron chi connectivity index (χ4n) is 1.49. The topological polar surface area (TPSA) is 51.2 Å². The first-order valence-electron chi connectivity index (χ1n) is 5.36. The van der Waals surface area contributed by atoms with Gasteiger partial charge < -0.3 is 10.1 Å². The number of nitrogens with zero attached hydrogens (tertiary/aromatic N) is 1. The van der Waals surface area contributed by atoms with Crippen LogP contribution in [0, 0.1) is 5.82 Å². The van der Waals surface area contributed by atoms with Crippen molar-refractivity contribution in [2.45, 2.75) is 0 Å². The number of amides is 1. The molecular formula is C13H10ClFN2O2. The highest BCUT2D eigenvalue weighted by molar-refractivity contribution is 6.29. The molecule has 19 heavy (non-hydrogen) atoms. The number of hydrogen-bond donors (Lipinski definition) is 1. The maximum absolute atomic E-state index is 13.5. The molecular weight excluding hydrogens is 271 g/mol. The van der Waals surface area contributed by atoms with E-state index in [9.17, 15) is 9.18 Å². The lowest BCUT2D eigenvalue weighted by molar-refractivity contribution is 0.102. The van der Waals surface area contributed by atoms with Crippen LogP contribution in [0.4, 0.5) is 10.1 Å². The Morgan fingerprint density at radius 3 is 2.79 bits per heavy atom. The second-order valence-corrected chi connectivity index (χ2v) is 4.06. The molecule has 2 aromatic rings. The molecule has 0 aliphatic rings. The van der Waals surface area contributed by atoms with Crippen molar-refractivity contribution in [2.75, 3.05) is 12.4 Å². The number of halogens is 2. The van der Waals surface area contributed by atoms with Crippen molar-refractivity contribution >= 4 is 23.2 Å². The van der Waals surface area contributed by atoms with Gasteiger partial charge in [0.2, 0.25) is 0 Å². The van der Waals surface area contributed by atoms with Crippen LogP contribution in [0.1, 0.15) is 10.4 Å². The highest BCUT2D eigenvalue weighted by Gasteiger charge is 2.10. The highest BCUT2D eigenvalue weighted by atomic mass is 35.5. The first kappa shape index (κ1) is 13.3. The number of benzene rings is 1. The molecule has 1 heterocycles. The van der Waals surface area contributed by atoms with Crippen LogP contribution in [-0.2, 0) is 0 Å². The van der Waals surface area contributed by atoms with E-state index in [4.69, 9.17) is 16.3 Å². The summed E-state index contributed by atoms with van der Waals surface area (Å²) in [5.74, 6) is -0.949. The minimum absolute atomic E-state index is 0.0866. The Hall–Kier alpha value is -2.14. The highest BCUT2D eigenvalue weighted by Crippen LogP contribution is 2.19. The molecule has 2 rings (SSSR count). The fourth-order valence-corrected chi connectivity index (χ4v) is 1.66. The summed E-state index contributed by atoms with van der Waals surface area (Å²) in [6.07, 6.45) is 1.46. The number of carbonyl (C=O) groups is 1. The largest absolute Gasteiger partial charge is 0.494 e. The number of nitrogens with one attached hydrogen (secondary N) is 1. The molecule has 0 radical (unpaired) electrons. The van der Waals surface area contributed by atoms with Crippen molar-refractivity contribution in [3.05, 3.63) is 53.1 Å². The van der Waals surface area contributed by atoms with Gasteiger partial charge >= 0.3 is 0 Å². The summed E-state index contributed by atoms with van der Waals surface area (Å²) in [5, 5.41) is 2.86. The molecule has 0 aliphatic carbocycles. The maximum atomic E-state index is 13.5. The van der Waals surface area contributed by atoms with Crippen molar-refractivity contribution < 1.29 is 13.9 Å². The number of methoxy groups -OCH3 is 1. The minimum atomic E-state index is -0.595. The zero-order chi connectivity index (χ0) is 13.8. The molecule has 1 amide bonds. The Balaban J connectivity index is 2.18. The molecule has 4 nitrogen and oxygen atoms in total. The predicted molar refractivity (Wildman–Crippen MR) is 70.2 cm³/mol. The van der Waals surface area contributed by atoms with Gasteiger partial charge in [0.1, 0.15) is 5.15 Å².